The van der Waals surface area contributed by atoms with Gasteiger partial charge in [0.15, 0.2) is 0 Å². The molecular formula is C24H39FO. The predicted molar refractivity (Wildman–Crippen MR) is 109 cm³/mol. The Bertz CT molecular complexity index is 491. The Kier molecular flexibility index (Phi) is 10.1. The molecule has 0 atom stereocenters. The zero-order valence-electron chi connectivity index (χ0n) is 17.1. The van der Waals surface area contributed by atoms with Gasteiger partial charge >= 0.3 is 0 Å². The van der Waals surface area contributed by atoms with Crippen molar-refractivity contribution in [1.29, 1.82) is 0 Å². The van der Waals surface area contributed by atoms with Crippen LogP contribution in [0.25, 0.3) is 0 Å². The summed E-state index contributed by atoms with van der Waals surface area (Å²) in [6.45, 7) is 5.14. The second-order valence-corrected chi connectivity index (χ2v) is 8.23. The van der Waals surface area contributed by atoms with Crippen LogP contribution in [-0.2, 0) is 6.42 Å². The summed E-state index contributed by atoms with van der Waals surface area (Å²) in [5.41, 5.74) is 0.857. The quantitative estimate of drug-likeness (QED) is 0.346. The summed E-state index contributed by atoms with van der Waals surface area (Å²) in [5.74, 6) is 2.33. The third-order valence-electron chi connectivity index (χ3n) is 6.05. The Hall–Kier alpha value is -1.05. The van der Waals surface area contributed by atoms with Gasteiger partial charge in [0.25, 0.3) is 0 Å². The molecule has 0 saturated heterocycles. The number of hydrogen-bond acceptors (Lipinski definition) is 1. The third-order valence-corrected chi connectivity index (χ3v) is 6.05. The maximum atomic E-state index is 14.3. The molecule has 1 fully saturated rings. The van der Waals surface area contributed by atoms with Gasteiger partial charge in [0.2, 0.25) is 0 Å². The maximum Gasteiger partial charge on any atom is 0.130 e. The molecule has 1 aromatic rings. The van der Waals surface area contributed by atoms with Crippen LogP contribution in [0.2, 0.25) is 0 Å². The van der Waals surface area contributed by atoms with Crippen LogP contribution in [0.15, 0.2) is 18.2 Å². The lowest BCUT2D eigenvalue weighted by Gasteiger charge is -2.28. The molecule has 2 rings (SSSR count). The van der Waals surface area contributed by atoms with E-state index in [2.05, 4.69) is 13.8 Å². The number of aryl methyl sites for hydroxylation is 1. The van der Waals surface area contributed by atoms with Gasteiger partial charge in [0.05, 0.1) is 6.61 Å². The molecule has 1 saturated carbocycles. The average molecular weight is 363 g/mol. The molecule has 0 spiro atoms. The van der Waals surface area contributed by atoms with E-state index in [0.717, 1.165) is 36.7 Å². The van der Waals surface area contributed by atoms with Crippen LogP contribution in [0.4, 0.5) is 4.39 Å². The SMILES string of the molecule is CCCCCOc1ccc(CC[C@H]2CC[C@H](CCCCC)CC2)c(F)c1. The van der Waals surface area contributed by atoms with Gasteiger partial charge in [0, 0.05) is 6.07 Å². The highest BCUT2D eigenvalue weighted by molar-refractivity contribution is 5.29. The summed E-state index contributed by atoms with van der Waals surface area (Å²) in [4.78, 5) is 0. The van der Waals surface area contributed by atoms with E-state index in [9.17, 15) is 4.39 Å². The summed E-state index contributed by atoms with van der Waals surface area (Å²) in [6, 6.07) is 5.45. The fourth-order valence-electron chi connectivity index (χ4n) is 4.21. The van der Waals surface area contributed by atoms with Crippen molar-refractivity contribution in [2.24, 2.45) is 11.8 Å². The van der Waals surface area contributed by atoms with Crippen molar-refractivity contribution in [1.82, 2.24) is 0 Å². The minimum absolute atomic E-state index is 0.0914. The summed E-state index contributed by atoms with van der Waals surface area (Å²) < 4.78 is 20.0. The molecule has 1 aliphatic carbocycles. The Morgan fingerprint density at radius 2 is 1.54 bits per heavy atom. The zero-order chi connectivity index (χ0) is 18.6. The lowest BCUT2D eigenvalue weighted by Crippen LogP contribution is -2.15. The first kappa shape index (κ1) is 21.3. The van der Waals surface area contributed by atoms with Gasteiger partial charge in [0.1, 0.15) is 11.6 Å². The molecule has 26 heavy (non-hydrogen) atoms. The van der Waals surface area contributed by atoms with Crippen molar-refractivity contribution in [2.75, 3.05) is 6.61 Å². The smallest absolute Gasteiger partial charge is 0.130 e. The molecule has 0 bridgehead atoms. The van der Waals surface area contributed by atoms with Crippen molar-refractivity contribution in [3.63, 3.8) is 0 Å². The van der Waals surface area contributed by atoms with Crippen molar-refractivity contribution < 1.29 is 9.13 Å². The second kappa shape index (κ2) is 12.4. The Morgan fingerprint density at radius 1 is 0.885 bits per heavy atom. The van der Waals surface area contributed by atoms with E-state index in [1.165, 1.54) is 64.2 Å². The average Bonchev–Trinajstić information content (AvgIpc) is 2.66. The maximum absolute atomic E-state index is 14.3. The summed E-state index contributed by atoms with van der Waals surface area (Å²) in [7, 11) is 0. The van der Waals surface area contributed by atoms with Crippen LogP contribution in [-0.4, -0.2) is 6.61 Å². The first-order chi connectivity index (χ1) is 12.7. The van der Waals surface area contributed by atoms with E-state index in [1.54, 1.807) is 6.07 Å². The molecule has 0 N–H and O–H groups in total. The topological polar surface area (TPSA) is 9.23 Å². The van der Waals surface area contributed by atoms with Crippen molar-refractivity contribution in [3.05, 3.63) is 29.6 Å². The lowest BCUT2D eigenvalue weighted by molar-refractivity contribution is 0.248. The standard InChI is InChI=1S/C24H39FO/c1-3-5-7-9-20-10-12-21(13-11-20)14-15-22-16-17-23(19-24(22)25)26-18-8-6-4-2/h16-17,19-21H,3-15,18H2,1-2H3/t20-,21-. The van der Waals surface area contributed by atoms with E-state index in [0.29, 0.717) is 12.4 Å². The zero-order valence-corrected chi connectivity index (χ0v) is 17.1. The monoisotopic (exact) mass is 362 g/mol. The Balaban J connectivity index is 1.68. The molecule has 0 aliphatic heterocycles. The molecule has 1 aliphatic rings. The normalized spacial score (nSPS) is 20.3. The molecule has 1 aromatic carbocycles. The van der Waals surface area contributed by atoms with E-state index in [-0.39, 0.29) is 5.82 Å². The van der Waals surface area contributed by atoms with Crippen LogP contribution >= 0.6 is 0 Å². The number of unbranched alkanes of at least 4 members (excludes halogenated alkanes) is 4. The minimum atomic E-state index is -0.0914. The van der Waals surface area contributed by atoms with Gasteiger partial charge in [-0.2, -0.15) is 0 Å². The summed E-state index contributed by atoms with van der Waals surface area (Å²) >= 11 is 0. The molecule has 0 heterocycles. The summed E-state index contributed by atoms with van der Waals surface area (Å²) in [6.07, 6.45) is 16.4. The van der Waals surface area contributed by atoms with Gasteiger partial charge in [-0.1, -0.05) is 84.1 Å². The largest absolute Gasteiger partial charge is 0.493 e. The molecule has 148 valence electrons. The third kappa shape index (κ3) is 7.68. The number of benzene rings is 1. The Morgan fingerprint density at radius 3 is 2.19 bits per heavy atom. The highest BCUT2D eigenvalue weighted by Gasteiger charge is 2.21. The first-order valence-corrected chi connectivity index (χ1v) is 11.1. The number of rotatable bonds is 12. The number of hydrogen-bond donors (Lipinski definition) is 0. The fourth-order valence-corrected chi connectivity index (χ4v) is 4.21. The van der Waals surface area contributed by atoms with E-state index in [4.69, 9.17) is 4.74 Å². The first-order valence-electron chi connectivity index (χ1n) is 11.1. The Labute approximate surface area is 160 Å². The van der Waals surface area contributed by atoms with Crippen molar-refractivity contribution in [3.8, 4) is 5.75 Å². The van der Waals surface area contributed by atoms with E-state index >= 15 is 0 Å². The minimum Gasteiger partial charge on any atom is -0.493 e. The number of ether oxygens (including phenoxy) is 1. The summed E-state index contributed by atoms with van der Waals surface area (Å²) in [5, 5.41) is 0. The predicted octanol–water partition coefficient (Wildman–Crippen LogP) is 7.71. The fraction of sp³-hybridized carbons (Fsp3) is 0.750. The molecule has 0 aromatic heterocycles. The highest BCUT2D eigenvalue weighted by atomic mass is 19.1. The number of halogens is 1. The molecular weight excluding hydrogens is 323 g/mol. The van der Waals surface area contributed by atoms with Gasteiger partial charge in [-0.15, -0.1) is 0 Å². The lowest BCUT2D eigenvalue weighted by atomic mass is 9.78. The van der Waals surface area contributed by atoms with E-state index in [1.807, 2.05) is 12.1 Å². The van der Waals surface area contributed by atoms with Gasteiger partial charge < -0.3 is 4.74 Å². The second-order valence-electron chi connectivity index (χ2n) is 8.23. The van der Waals surface area contributed by atoms with Gasteiger partial charge in [-0.25, -0.2) is 4.39 Å². The van der Waals surface area contributed by atoms with Crippen LogP contribution in [0.3, 0.4) is 0 Å². The molecule has 0 radical (unpaired) electrons. The molecule has 2 heteroatoms. The van der Waals surface area contributed by atoms with Crippen LogP contribution in [0.5, 0.6) is 5.75 Å². The van der Waals surface area contributed by atoms with E-state index < -0.39 is 0 Å². The van der Waals surface area contributed by atoms with Crippen LogP contribution in [0.1, 0.15) is 96.5 Å². The highest BCUT2D eigenvalue weighted by Crippen LogP contribution is 2.34. The van der Waals surface area contributed by atoms with Crippen LogP contribution in [0, 0.1) is 17.7 Å². The van der Waals surface area contributed by atoms with Crippen molar-refractivity contribution in [2.45, 2.75) is 97.3 Å². The molecule has 0 amide bonds. The van der Waals surface area contributed by atoms with Crippen LogP contribution < -0.4 is 4.74 Å². The molecule has 0 unspecified atom stereocenters. The van der Waals surface area contributed by atoms with Gasteiger partial charge in [-0.05, 0) is 42.7 Å². The molecule has 1 nitrogen and oxygen atoms in total. The van der Waals surface area contributed by atoms with Gasteiger partial charge in [-0.3, -0.25) is 0 Å². The van der Waals surface area contributed by atoms with Crippen molar-refractivity contribution >= 4 is 0 Å².